The molecular formula is C14H16F3NO2. The van der Waals surface area contributed by atoms with Crippen molar-refractivity contribution >= 4 is 5.91 Å². The molecule has 0 bridgehead atoms. The van der Waals surface area contributed by atoms with Gasteiger partial charge in [0.15, 0.2) is 6.10 Å². The third-order valence-electron chi connectivity index (χ3n) is 3.72. The topological polar surface area (TPSA) is 40.5 Å². The van der Waals surface area contributed by atoms with E-state index < -0.39 is 18.2 Å². The van der Waals surface area contributed by atoms with Crippen molar-refractivity contribution in [2.24, 2.45) is 5.92 Å². The first-order valence-corrected chi connectivity index (χ1v) is 6.40. The average molecular weight is 287 g/mol. The van der Waals surface area contributed by atoms with Gasteiger partial charge in [-0.3, -0.25) is 4.79 Å². The molecule has 0 aliphatic carbocycles. The molecule has 1 amide bonds. The summed E-state index contributed by atoms with van der Waals surface area (Å²) >= 11 is 0. The summed E-state index contributed by atoms with van der Waals surface area (Å²) in [6.07, 6.45) is -7.39. The Kier molecular flexibility index (Phi) is 4.04. The van der Waals surface area contributed by atoms with E-state index in [-0.39, 0.29) is 24.9 Å². The Morgan fingerprint density at radius 1 is 1.30 bits per heavy atom. The third-order valence-corrected chi connectivity index (χ3v) is 3.72. The van der Waals surface area contributed by atoms with Gasteiger partial charge in [0.1, 0.15) is 0 Å². The number of halogens is 3. The van der Waals surface area contributed by atoms with Gasteiger partial charge in [0.05, 0.1) is 6.04 Å². The molecule has 1 aromatic carbocycles. The van der Waals surface area contributed by atoms with Crippen LogP contribution in [0.3, 0.4) is 0 Å². The summed E-state index contributed by atoms with van der Waals surface area (Å²) in [6, 6.07) is 8.81. The maximum atomic E-state index is 12.5. The van der Waals surface area contributed by atoms with Crippen LogP contribution in [-0.4, -0.2) is 34.7 Å². The molecule has 6 heteroatoms. The second-order valence-electron chi connectivity index (χ2n) is 5.08. The molecule has 1 saturated heterocycles. The van der Waals surface area contributed by atoms with Crippen LogP contribution in [0.5, 0.6) is 0 Å². The molecule has 3 nitrogen and oxygen atoms in total. The molecule has 3 atom stereocenters. The highest BCUT2D eigenvalue weighted by Crippen LogP contribution is 2.35. The number of aliphatic hydroxyl groups excluding tert-OH is 1. The van der Waals surface area contributed by atoms with Crippen molar-refractivity contribution in [3.05, 3.63) is 35.9 Å². The molecular weight excluding hydrogens is 271 g/mol. The largest absolute Gasteiger partial charge is 0.414 e. The van der Waals surface area contributed by atoms with Crippen LogP contribution in [0.25, 0.3) is 0 Å². The third kappa shape index (κ3) is 2.95. The lowest BCUT2D eigenvalue weighted by Crippen LogP contribution is -2.37. The molecule has 1 aromatic rings. The Labute approximate surface area is 115 Å². The van der Waals surface area contributed by atoms with Crippen LogP contribution in [0.15, 0.2) is 30.3 Å². The maximum absolute atomic E-state index is 12.5. The number of nitrogens with zero attached hydrogens (tertiary/aromatic N) is 1. The fraction of sp³-hybridized carbons (Fsp3) is 0.500. The molecule has 1 N–H and O–H groups in total. The monoisotopic (exact) mass is 287 g/mol. The molecule has 20 heavy (non-hydrogen) atoms. The number of hydrogen-bond acceptors (Lipinski definition) is 2. The van der Waals surface area contributed by atoms with Gasteiger partial charge in [-0.15, -0.1) is 0 Å². The van der Waals surface area contributed by atoms with Gasteiger partial charge in [-0.1, -0.05) is 30.3 Å². The number of rotatable bonds is 3. The van der Waals surface area contributed by atoms with E-state index in [1.807, 2.05) is 30.3 Å². The van der Waals surface area contributed by atoms with E-state index in [2.05, 4.69) is 0 Å². The van der Waals surface area contributed by atoms with Crippen LogP contribution in [0.4, 0.5) is 13.2 Å². The van der Waals surface area contributed by atoms with Crippen molar-refractivity contribution in [1.82, 2.24) is 4.90 Å². The summed E-state index contributed by atoms with van der Waals surface area (Å²) < 4.78 is 37.5. The van der Waals surface area contributed by atoms with Crippen LogP contribution >= 0.6 is 0 Å². The highest BCUT2D eigenvalue weighted by atomic mass is 19.4. The predicted octanol–water partition coefficient (Wildman–Crippen LogP) is 2.52. The van der Waals surface area contributed by atoms with Crippen molar-refractivity contribution in [3.63, 3.8) is 0 Å². The standard InChI is InChI=1S/C14H16F3NO2/c1-9(10-5-3-2-4-6-10)18-8-11(7-12(18)19)13(20)14(15,16)17/h2-6,9,11,13,20H,7-8H2,1H3. The Morgan fingerprint density at radius 2 is 1.90 bits per heavy atom. The van der Waals surface area contributed by atoms with Crippen LogP contribution in [0, 0.1) is 5.92 Å². The smallest absolute Gasteiger partial charge is 0.383 e. The number of likely N-dealkylation sites (tertiary alicyclic amines) is 1. The van der Waals surface area contributed by atoms with Crippen molar-refractivity contribution in [1.29, 1.82) is 0 Å². The molecule has 0 saturated carbocycles. The van der Waals surface area contributed by atoms with Crippen LogP contribution in [0.1, 0.15) is 24.9 Å². The number of hydrogen-bond donors (Lipinski definition) is 1. The molecule has 110 valence electrons. The molecule has 3 unspecified atom stereocenters. The van der Waals surface area contributed by atoms with Crippen molar-refractivity contribution in [2.45, 2.75) is 31.7 Å². The van der Waals surface area contributed by atoms with E-state index in [1.165, 1.54) is 4.90 Å². The summed E-state index contributed by atoms with van der Waals surface area (Å²) in [7, 11) is 0. The normalized spacial score (nSPS) is 22.9. The lowest BCUT2D eigenvalue weighted by molar-refractivity contribution is -0.218. The molecule has 2 rings (SSSR count). The number of aliphatic hydroxyl groups is 1. The minimum atomic E-state index is -4.68. The van der Waals surface area contributed by atoms with Gasteiger partial charge in [0.25, 0.3) is 0 Å². The summed E-state index contributed by atoms with van der Waals surface area (Å²) in [5.74, 6) is -1.44. The molecule has 1 aliphatic heterocycles. The Balaban J connectivity index is 2.10. The van der Waals surface area contributed by atoms with Crippen molar-refractivity contribution in [2.75, 3.05) is 6.54 Å². The van der Waals surface area contributed by atoms with E-state index in [0.717, 1.165) is 5.56 Å². The van der Waals surface area contributed by atoms with Crippen molar-refractivity contribution < 1.29 is 23.1 Å². The predicted molar refractivity (Wildman–Crippen MR) is 66.7 cm³/mol. The molecule has 0 spiro atoms. The lowest BCUT2D eigenvalue weighted by Gasteiger charge is -2.26. The minimum absolute atomic E-state index is 0.0738. The van der Waals surface area contributed by atoms with E-state index in [1.54, 1.807) is 6.92 Å². The quantitative estimate of drug-likeness (QED) is 0.928. The van der Waals surface area contributed by atoms with Gasteiger partial charge in [0.2, 0.25) is 5.91 Å². The number of carbonyl (C=O) groups is 1. The second kappa shape index (κ2) is 5.44. The maximum Gasteiger partial charge on any atom is 0.414 e. The summed E-state index contributed by atoms with van der Waals surface area (Å²) in [5.41, 5.74) is 0.864. The first kappa shape index (κ1) is 14.8. The Morgan fingerprint density at radius 3 is 2.45 bits per heavy atom. The Hall–Kier alpha value is -1.56. The first-order valence-electron chi connectivity index (χ1n) is 6.40. The fourth-order valence-electron chi connectivity index (χ4n) is 2.52. The lowest BCUT2D eigenvalue weighted by atomic mass is 10.0. The molecule has 1 aliphatic rings. The van der Waals surface area contributed by atoms with Gasteiger partial charge in [-0.05, 0) is 12.5 Å². The number of carbonyl (C=O) groups excluding carboxylic acids is 1. The van der Waals surface area contributed by atoms with Crippen LogP contribution in [-0.2, 0) is 4.79 Å². The van der Waals surface area contributed by atoms with Gasteiger partial charge >= 0.3 is 6.18 Å². The summed E-state index contributed by atoms with van der Waals surface area (Å²) in [4.78, 5) is 13.3. The molecule has 1 fully saturated rings. The molecule has 0 radical (unpaired) electrons. The summed E-state index contributed by atoms with van der Waals surface area (Å²) in [5, 5.41) is 9.27. The van der Waals surface area contributed by atoms with Gasteiger partial charge in [-0.2, -0.15) is 13.2 Å². The van der Waals surface area contributed by atoms with Gasteiger partial charge < -0.3 is 10.0 Å². The molecule has 1 heterocycles. The fourth-order valence-corrected chi connectivity index (χ4v) is 2.52. The highest BCUT2D eigenvalue weighted by molar-refractivity contribution is 5.79. The average Bonchev–Trinajstić information content (AvgIpc) is 2.79. The zero-order chi connectivity index (χ0) is 14.9. The second-order valence-corrected chi connectivity index (χ2v) is 5.08. The van der Waals surface area contributed by atoms with Crippen LogP contribution in [0.2, 0.25) is 0 Å². The number of amides is 1. The SMILES string of the molecule is CC(c1ccccc1)N1CC(C(O)C(F)(F)F)CC1=O. The molecule has 0 aromatic heterocycles. The Bertz CT molecular complexity index is 475. The first-order chi connectivity index (χ1) is 9.30. The van der Waals surface area contributed by atoms with E-state index in [0.29, 0.717) is 0 Å². The number of benzene rings is 1. The summed E-state index contributed by atoms with van der Waals surface area (Å²) in [6.45, 7) is 1.70. The zero-order valence-corrected chi connectivity index (χ0v) is 11.0. The van der Waals surface area contributed by atoms with Gasteiger partial charge in [-0.25, -0.2) is 0 Å². The minimum Gasteiger partial charge on any atom is -0.383 e. The zero-order valence-electron chi connectivity index (χ0n) is 11.0. The van der Waals surface area contributed by atoms with E-state index >= 15 is 0 Å². The van der Waals surface area contributed by atoms with E-state index in [4.69, 9.17) is 0 Å². The van der Waals surface area contributed by atoms with E-state index in [9.17, 15) is 23.1 Å². The van der Waals surface area contributed by atoms with Gasteiger partial charge in [0, 0.05) is 18.9 Å². The highest BCUT2D eigenvalue weighted by Gasteiger charge is 2.48. The number of alkyl halides is 3. The van der Waals surface area contributed by atoms with Crippen LogP contribution < -0.4 is 0 Å². The van der Waals surface area contributed by atoms with Crippen molar-refractivity contribution in [3.8, 4) is 0 Å².